The summed E-state index contributed by atoms with van der Waals surface area (Å²) in [6.45, 7) is 4.40. The monoisotopic (exact) mass is 553 g/mol. The van der Waals surface area contributed by atoms with Gasteiger partial charge in [0.05, 0.1) is 0 Å². The van der Waals surface area contributed by atoms with Crippen molar-refractivity contribution in [2.45, 2.75) is 58.3 Å². The summed E-state index contributed by atoms with van der Waals surface area (Å²) < 4.78 is 27.9. The fraction of sp³-hybridized carbons (Fsp3) is 0.345. The Morgan fingerprint density at radius 2 is 1.45 bits per heavy atom. The smallest absolute Gasteiger partial charge is 0.303 e. The van der Waals surface area contributed by atoms with Gasteiger partial charge in [0, 0.05) is 33.3 Å². The highest BCUT2D eigenvalue weighted by Gasteiger charge is 2.51. The summed E-state index contributed by atoms with van der Waals surface area (Å²) in [5, 5.41) is 2.63. The van der Waals surface area contributed by atoms with Gasteiger partial charge in [0.2, 0.25) is 12.2 Å². The van der Waals surface area contributed by atoms with Crippen molar-refractivity contribution in [2.24, 2.45) is 0 Å². The molecule has 1 aliphatic heterocycles. The second-order valence-electron chi connectivity index (χ2n) is 8.97. The van der Waals surface area contributed by atoms with Crippen molar-refractivity contribution < 1.29 is 47.7 Å². The van der Waals surface area contributed by atoms with Gasteiger partial charge in [-0.3, -0.25) is 24.0 Å². The first-order chi connectivity index (χ1) is 19.0. The lowest BCUT2D eigenvalue weighted by atomic mass is 9.96. The minimum absolute atomic E-state index is 0.221. The lowest BCUT2D eigenvalue weighted by molar-refractivity contribution is -0.257. The van der Waals surface area contributed by atoms with E-state index in [1.165, 1.54) is 32.1 Å². The molecule has 1 saturated heterocycles. The van der Waals surface area contributed by atoms with E-state index in [1.807, 2.05) is 30.3 Å². The second kappa shape index (κ2) is 14.0. The SMILES string of the molecule is CC(=O)N[C@@H]1[C@H](Oc2ccc(C(=O)/C=C/c3ccccc3)cc2)O[C@@H](COC(C)=O)[C@@H](OC(C)=O)[C@@H]1OC(C)=O. The summed E-state index contributed by atoms with van der Waals surface area (Å²) in [4.78, 5) is 60.0. The molecule has 1 N–H and O–H groups in total. The molecule has 0 bridgehead atoms. The van der Waals surface area contributed by atoms with Gasteiger partial charge in [0.15, 0.2) is 18.0 Å². The molecule has 1 aliphatic rings. The van der Waals surface area contributed by atoms with E-state index < -0.39 is 54.5 Å². The number of hydrogen-bond donors (Lipinski definition) is 1. The molecule has 0 unspecified atom stereocenters. The molecule has 1 amide bonds. The molecule has 3 rings (SSSR count). The standard InChI is InChI=1S/C29H31NO10/c1-17(31)30-26-28(38-20(4)34)27(37-19(3)33)25(16-36-18(2)32)40-29(26)39-23-13-11-22(12-14-23)24(35)15-10-21-8-6-5-7-9-21/h5-15,25-29H,16H2,1-4H3,(H,30,31)/b15-10+/t25-,26-,27+,28+,29+/m0/s1. The molecule has 2 aromatic carbocycles. The minimum Gasteiger partial charge on any atom is -0.463 e. The first-order valence-corrected chi connectivity index (χ1v) is 12.5. The number of hydrogen-bond acceptors (Lipinski definition) is 10. The predicted molar refractivity (Wildman–Crippen MR) is 141 cm³/mol. The topological polar surface area (TPSA) is 144 Å². The van der Waals surface area contributed by atoms with Crippen molar-refractivity contribution in [1.82, 2.24) is 5.32 Å². The van der Waals surface area contributed by atoms with Crippen LogP contribution in [-0.2, 0) is 38.1 Å². The molecule has 0 aliphatic carbocycles. The number of esters is 3. The van der Waals surface area contributed by atoms with Crippen molar-refractivity contribution in [3.63, 3.8) is 0 Å². The average molecular weight is 554 g/mol. The third kappa shape index (κ3) is 8.77. The van der Waals surface area contributed by atoms with E-state index in [0.29, 0.717) is 5.56 Å². The number of nitrogens with one attached hydrogen (secondary N) is 1. The fourth-order valence-electron chi connectivity index (χ4n) is 4.06. The van der Waals surface area contributed by atoms with Crippen LogP contribution in [0.1, 0.15) is 43.6 Å². The van der Waals surface area contributed by atoms with Crippen LogP contribution in [0.5, 0.6) is 5.75 Å². The lowest BCUT2D eigenvalue weighted by Gasteiger charge is -2.44. The van der Waals surface area contributed by atoms with Crippen LogP contribution in [0, 0.1) is 0 Å². The number of benzene rings is 2. The molecule has 1 fully saturated rings. The van der Waals surface area contributed by atoms with Gasteiger partial charge in [-0.15, -0.1) is 0 Å². The summed E-state index contributed by atoms with van der Waals surface area (Å²) in [7, 11) is 0. The van der Waals surface area contributed by atoms with Crippen molar-refractivity contribution in [2.75, 3.05) is 6.61 Å². The number of rotatable bonds is 10. The minimum atomic E-state index is -1.26. The van der Waals surface area contributed by atoms with Crippen molar-refractivity contribution >= 4 is 35.7 Å². The Morgan fingerprint density at radius 3 is 2.02 bits per heavy atom. The van der Waals surface area contributed by atoms with E-state index in [9.17, 15) is 24.0 Å². The molecule has 0 spiro atoms. The Balaban J connectivity index is 1.86. The van der Waals surface area contributed by atoms with Crippen molar-refractivity contribution in [3.05, 3.63) is 71.8 Å². The van der Waals surface area contributed by atoms with Crippen LogP contribution in [0.25, 0.3) is 6.08 Å². The zero-order chi connectivity index (χ0) is 29.2. The number of carbonyl (C=O) groups excluding carboxylic acids is 5. The Hall–Kier alpha value is -4.51. The molecule has 2 aromatic rings. The van der Waals surface area contributed by atoms with Crippen LogP contribution >= 0.6 is 0 Å². The average Bonchev–Trinajstić information content (AvgIpc) is 2.89. The molecule has 0 radical (unpaired) electrons. The van der Waals surface area contributed by atoms with Gasteiger partial charge in [-0.2, -0.15) is 0 Å². The Morgan fingerprint density at radius 1 is 0.825 bits per heavy atom. The van der Waals surface area contributed by atoms with Crippen LogP contribution < -0.4 is 10.1 Å². The van der Waals surface area contributed by atoms with E-state index in [0.717, 1.165) is 19.4 Å². The zero-order valence-electron chi connectivity index (χ0n) is 22.5. The Labute approximate surface area is 231 Å². The first-order valence-electron chi connectivity index (χ1n) is 12.5. The molecule has 11 nitrogen and oxygen atoms in total. The molecule has 0 saturated carbocycles. The van der Waals surface area contributed by atoms with Crippen LogP contribution in [0.3, 0.4) is 0 Å². The van der Waals surface area contributed by atoms with Crippen LogP contribution in [-0.4, -0.2) is 66.8 Å². The maximum absolute atomic E-state index is 12.6. The normalized spacial score (nSPS) is 22.1. The number of carbonyl (C=O) groups is 5. The van der Waals surface area contributed by atoms with Gasteiger partial charge in [-0.25, -0.2) is 0 Å². The second-order valence-corrected chi connectivity index (χ2v) is 8.97. The van der Waals surface area contributed by atoms with E-state index in [1.54, 1.807) is 18.2 Å². The Bertz CT molecular complexity index is 1240. The number of amides is 1. The number of ketones is 1. The van der Waals surface area contributed by atoms with E-state index >= 15 is 0 Å². The van der Waals surface area contributed by atoms with Gasteiger partial charge in [-0.1, -0.05) is 36.4 Å². The third-order valence-corrected chi connectivity index (χ3v) is 5.69. The Kier molecular flexibility index (Phi) is 10.5. The van der Waals surface area contributed by atoms with Crippen LogP contribution in [0.2, 0.25) is 0 Å². The van der Waals surface area contributed by atoms with Crippen molar-refractivity contribution in [3.8, 4) is 5.75 Å². The first kappa shape index (κ1) is 30.0. The lowest BCUT2D eigenvalue weighted by Crippen LogP contribution is -2.67. The highest BCUT2D eigenvalue weighted by molar-refractivity contribution is 6.06. The van der Waals surface area contributed by atoms with Gasteiger partial charge in [-0.05, 0) is 35.9 Å². The molecular weight excluding hydrogens is 522 g/mol. The van der Waals surface area contributed by atoms with E-state index in [-0.39, 0.29) is 18.1 Å². The summed E-state index contributed by atoms with van der Waals surface area (Å²) in [5.74, 6) is -2.48. The van der Waals surface area contributed by atoms with Gasteiger partial charge in [0.25, 0.3) is 0 Å². The molecule has 5 atom stereocenters. The highest BCUT2D eigenvalue weighted by atomic mass is 16.7. The van der Waals surface area contributed by atoms with E-state index in [4.69, 9.17) is 23.7 Å². The van der Waals surface area contributed by atoms with Crippen LogP contribution in [0.15, 0.2) is 60.7 Å². The molecule has 40 heavy (non-hydrogen) atoms. The quantitative estimate of drug-likeness (QED) is 0.202. The predicted octanol–water partition coefficient (Wildman–Crippen LogP) is 2.62. The van der Waals surface area contributed by atoms with Crippen LogP contribution in [0.4, 0.5) is 0 Å². The summed E-state index contributed by atoms with van der Waals surface area (Å²) >= 11 is 0. The molecule has 212 valence electrons. The van der Waals surface area contributed by atoms with E-state index in [2.05, 4.69) is 5.32 Å². The molecular formula is C29H31NO10. The van der Waals surface area contributed by atoms with Gasteiger partial charge < -0.3 is 29.0 Å². The summed E-state index contributed by atoms with van der Waals surface area (Å²) in [6.07, 6.45) is -1.67. The summed E-state index contributed by atoms with van der Waals surface area (Å²) in [5.41, 5.74) is 1.29. The molecule has 1 heterocycles. The fourth-order valence-corrected chi connectivity index (χ4v) is 4.06. The highest BCUT2D eigenvalue weighted by Crippen LogP contribution is 2.29. The van der Waals surface area contributed by atoms with Crippen molar-refractivity contribution in [1.29, 1.82) is 0 Å². The molecule has 0 aromatic heterocycles. The third-order valence-electron chi connectivity index (χ3n) is 5.69. The molecule has 11 heteroatoms. The largest absolute Gasteiger partial charge is 0.463 e. The number of ether oxygens (including phenoxy) is 5. The van der Waals surface area contributed by atoms with Gasteiger partial charge in [0.1, 0.15) is 24.5 Å². The summed E-state index contributed by atoms with van der Waals surface area (Å²) in [6, 6.07) is 14.5. The maximum Gasteiger partial charge on any atom is 0.303 e. The zero-order valence-corrected chi connectivity index (χ0v) is 22.5. The van der Waals surface area contributed by atoms with Gasteiger partial charge >= 0.3 is 17.9 Å². The maximum atomic E-state index is 12.6. The number of allylic oxidation sites excluding steroid dienone is 1.